The van der Waals surface area contributed by atoms with Crippen molar-refractivity contribution in [3.05, 3.63) is 0 Å². The van der Waals surface area contributed by atoms with Gasteiger partial charge in [0.1, 0.15) is 5.54 Å². The van der Waals surface area contributed by atoms with Gasteiger partial charge in [-0.3, -0.25) is 9.69 Å². The van der Waals surface area contributed by atoms with E-state index in [2.05, 4.69) is 18.7 Å². The zero-order valence-electron chi connectivity index (χ0n) is 13.5. The van der Waals surface area contributed by atoms with E-state index in [9.17, 15) is 9.90 Å². The van der Waals surface area contributed by atoms with E-state index in [0.29, 0.717) is 0 Å². The molecular weight excluding hydrogens is 250 g/mol. The topological polar surface area (TPSA) is 40.3 Å². The van der Waals surface area contributed by atoms with Gasteiger partial charge in [-0.25, -0.2) is 0 Å². The lowest BCUT2D eigenvalue weighted by Gasteiger charge is -2.31. The molecule has 0 saturated carbocycles. The van der Waals surface area contributed by atoms with Gasteiger partial charge >= 0.3 is 5.97 Å². The Labute approximate surface area is 124 Å². The Morgan fingerprint density at radius 1 is 0.900 bits per heavy atom. The summed E-state index contributed by atoms with van der Waals surface area (Å²) in [5, 5.41) is 9.75. The van der Waals surface area contributed by atoms with E-state index in [1.807, 2.05) is 0 Å². The third kappa shape index (κ3) is 5.43. The van der Waals surface area contributed by atoms with E-state index >= 15 is 0 Å². The smallest absolute Gasteiger partial charge is 0.324 e. The van der Waals surface area contributed by atoms with Crippen LogP contribution in [0.2, 0.25) is 0 Å². The van der Waals surface area contributed by atoms with Crippen molar-refractivity contribution in [1.29, 1.82) is 0 Å². The van der Waals surface area contributed by atoms with E-state index in [-0.39, 0.29) is 0 Å². The Bertz CT molecular complexity index is 276. The zero-order valence-corrected chi connectivity index (χ0v) is 13.5. The maximum atomic E-state index is 11.8. The highest BCUT2D eigenvalue weighted by molar-refractivity contribution is 5.79. The monoisotopic (exact) mass is 283 g/mol. The molecule has 0 bridgehead atoms. The molecule has 1 heterocycles. The molecule has 0 aliphatic carbocycles. The van der Waals surface area contributed by atoms with Crippen LogP contribution in [0.3, 0.4) is 0 Å². The molecule has 3 nitrogen and oxygen atoms in total. The zero-order chi connectivity index (χ0) is 14.8. The molecule has 1 aliphatic heterocycles. The average Bonchev–Trinajstić information content (AvgIpc) is 3.25. The fourth-order valence-electron chi connectivity index (χ4n) is 3.13. The molecule has 1 aliphatic rings. The van der Waals surface area contributed by atoms with Gasteiger partial charge in [0.2, 0.25) is 0 Å². The number of unbranched alkanes of at least 4 members (excludes halogenated alkanes) is 7. The summed E-state index contributed by atoms with van der Waals surface area (Å²) in [5.41, 5.74) is -0.542. The molecule has 118 valence electrons. The Morgan fingerprint density at radius 3 is 1.75 bits per heavy atom. The highest BCUT2D eigenvalue weighted by Crippen LogP contribution is 2.34. The second kappa shape index (κ2) is 9.38. The number of hydrogen-bond donors (Lipinski definition) is 1. The fourth-order valence-corrected chi connectivity index (χ4v) is 3.13. The normalized spacial score (nSPS) is 17.9. The second-order valence-electron chi connectivity index (χ2n) is 6.30. The molecule has 0 spiro atoms. The van der Waals surface area contributed by atoms with Gasteiger partial charge in [-0.15, -0.1) is 0 Å². The molecule has 0 aromatic rings. The molecule has 0 aromatic heterocycles. The number of rotatable bonds is 13. The van der Waals surface area contributed by atoms with E-state index in [4.69, 9.17) is 0 Å². The summed E-state index contributed by atoms with van der Waals surface area (Å²) in [7, 11) is 0. The van der Waals surface area contributed by atoms with E-state index in [1.165, 1.54) is 44.9 Å². The van der Waals surface area contributed by atoms with Gasteiger partial charge in [-0.05, 0) is 12.8 Å². The molecule has 1 N–H and O–H groups in total. The van der Waals surface area contributed by atoms with E-state index < -0.39 is 11.5 Å². The number of nitrogens with zero attached hydrogens (tertiary/aromatic N) is 1. The Kier molecular flexibility index (Phi) is 8.20. The molecule has 1 atom stereocenters. The lowest BCUT2D eigenvalue weighted by molar-refractivity contribution is -0.149. The van der Waals surface area contributed by atoms with Crippen LogP contribution in [-0.2, 0) is 4.79 Å². The second-order valence-corrected chi connectivity index (χ2v) is 6.30. The first-order chi connectivity index (χ1) is 9.67. The predicted molar refractivity (Wildman–Crippen MR) is 84.1 cm³/mol. The summed E-state index contributed by atoms with van der Waals surface area (Å²) in [6.07, 6.45) is 12.4. The molecule has 20 heavy (non-hydrogen) atoms. The molecule has 1 rings (SSSR count). The predicted octanol–water partition coefficient (Wildman–Crippen LogP) is 4.46. The number of carboxylic acid groups (broad SMARTS) is 1. The molecule has 1 saturated heterocycles. The molecule has 0 aromatic carbocycles. The molecule has 3 heteroatoms. The first-order valence-corrected chi connectivity index (χ1v) is 8.66. The van der Waals surface area contributed by atoms with Gasteiger partial charge < -0.3 is 5.11 Å². The summed E-state index contributed by atoms with van der Waals surface area (Å²) in [6, 6.07) is 0. The van der Waals surface area contributed by atoms with E-state index in [1.54, 1.807) is 0 Å². The van der Waals surface area contributed by atoms with Crippen molar-refractivity contribution < 1.29 is 9.90 Å². The summed E-state index contributed by atoms with van der Waals surface area (Å²) < 4.78 is 0. The number of aliphatic carboxylic acids is 1. The SMILES string of the molecule is CCCCCCCC(CCCCCC)(C(=O)O)N1CC1. The highest BCUT2D eigenvalue weighted by atomic mass is 16.4. The number of carbonyl (C=O) groups is 1. The summed E-state index contributed by atoms with van der Waals surface area (Å²) in [6.45, 7) is 6.37. The van der Waals surface area contributed by atoms with Gasteiger partial charge in [0, 0.05) is 13.1 Å². The quantitative estimate of drug-likeness (QED) is 0.401. The summed E-state index contributed by atoms with van der Waals surface area (Å²) >= 11 is 0. The lowest BCUT2D eigenvalue weighted by Crippen LogP contribution is -2.46. The van der Waals surface area contributed by atoms with Gasteiger partial charge in [0.25, 0.3) is 0 Å². The maximum Gasteiger partial charge on any atom is 0.324 e. The average molecular weight is 283 g/mol. The Morgan fingerprint density at radius 2 is 1.35 bits per heavy atom. The standard InChI is InChI=1S/C17H33NO2/c1-3-5-7-9-11-13-17(16(19)20,18-14-15-18)12-10-8-6-4-2/h3-15H2,1-2H3,(H,19,20). The Hall–Kier alpha value is -0.570. The van der Waals surface area contributed by atoms with Crippen molar-refractivity contribution in [3.63, 3.8) is 0 Å². The Balaban J connectivity index is 2.43. The van der Waals surface area contributed by atoms with Crippen LogP contribution < -0.4 is 0 Å². The van der Waals surface area contributed by atoms with Crippen LogP contribution in [0.1, 0.15) is 84.5 Å². The van der Waals surface area contributed by atoms with E-state index in [0.717, 1.165) is 38.8 Å². The van der Waals surface area contributed by atoms with Crippen LogP contribution in [0, 0.1) is 0 Å². The molecule has 0 amide bonds. The van der Waals surface area contributed by atoms with Crippen LogP contribution >= 0.6 is 0 Å². The molecule has 0 radical (unpaired) electrons. The largest absolute Gasteiger partial charge is 0.480 e. The minimum absolute atomic E-state index is 0.542. The van der Waals surface area contributed by atoms with Gasteiger partial charge in [-0.1, -0.05) is 71.6 Å². The molecular formula is C17H33NO2. The van der Waals surface area contributed by atoms with Crippen LogP contribution in [-0.4, -0.2) is 34.6 Å². The van der Waals surface area contributed by atoms with Crippen molar-refractivity contribution in [2.45, 2.75) is 90.0 Å². The van der Waals surface area contributed by atoms with Crippen molar-refractivity contribution in [2.75, 3.05) is 13.1 Å². The fraction of sp³-hybridized carbons (Fsp3) is 0.941. The summed E-state index contributed by atoms with van der Waals surface area (Å²) in [5.74, 6) is -0.581. The van der Waals surface area contributed by atoms with Gasteiger partial charge in [0.05, 0.1) is 0 Å². The third-order valence-corrected chi connectivity index (χ3v) is 4.59. The molecule has 1 unspecified atom stereocenters. The van der Waals surface area contributed by atoms with Crippen molar-refractivity contribution >= 4 is 5.97 Å². The van der Waals surface area contributed by atoms with Crippen LogP contribution in [0.4, 0.5) is 0 Å². The van der Waals surface area contributed by atoms with Crippen LogP contribution in [0.5, 0.6) is 0 Å². The summed E-state index contributed by atoms with van der Waals surface area (Å²) in [4.78, 5) is 14.0. The molecule has 1 fully saturated rings. The van der Waals surface area contributed by atoms with Crippen molar-refractivity contribution in [3.8, 4) is 0 Å². The third-order valence-electron chi connectivity index (χ3n) is 4.59. The maximum absolute atomic E-state index is 11.8. The minimum Gasteiger partial charge on any atom is -0.480 e. The first-order valence-electron chi connectivity index (χ1n) is 8.66. The van der Waals surface area contributed by atoms with Gasteiger partial charge in [0.15, 0.2) is 0 Å². The highest BCUT2D eigenvalue weighted by Gasteiger charge is 2.47. The van der Waals surface area contributed by atoms with Crippen LogP contribution in [0.25, 0.3) is 0 Å². The van der Waals surface area contributed by atoms with Crippen LogP contribution in [0.15, 0.2) is 0 Å². The number of hydrogen-bond acceptors (Lipinski definition) is 2. The minimum atomic E-state index is -0.581. The van der Waals surface area contributed by atoms with Gasteiger partial charge in [-0.2, -0.15) is 0 Å². The lowest BCUT2D eigenvalue weighted by atomic mass is 9.86. The number of carboxylic acids is 1. The van der Waals surface area contributed by atoms with Crippen molar-refractivity contribution in [2.24, 2.45) is 0 Å². The van der Waals surface area contributed by atoms with Crippen molar-refractivity contribution in [1.82, 2.24) is 4.90 Å². The first kappa shape index (κ1) is 17.5.